The maximum atomic E-state index is 9.44. The predicted octanol–water partition coefficient (Wildman–Crippen LogP) is 5.15. The molecule has 0 amide bonds. The molecule has 1 N–H and O–H groups in total. The van der Waals surface area contributed by atoms with Gasteiger partial charge in [0.25, 0.3) is 0 Å². The van der Waals surface area contributed by atoms with Crippen molar-refractivity contribution in [2.45, 2.75) is 17.7 Å². The minimum atomic E-state index is 0.628. The largest absolute Gasteiger partial charge is 0.362 e. The topological polar surface area (TPSA) is 61.6 Å². The first kappa shape index (κ1) is 16.7. The summed E-state index contributed by atoms with van der Waals surface area (Å²) in [7, 11) is 0. The van der Waals surface area contributed by atoms with Crippen LogP contribution in [0.2, 0.25) is 0 Å². The normalized spacial score (nSPS) is 10.8. The average Bonchev–Trinajstić information content (AvgIpc) is 3.19. The van der Waals surface area contributed by atoms with Gasteiger partial charge in [-0.05, 0) is 36.7 Å². The summed E-state index contributed by atoms with van der Waals surface area (Å²) >= 11 is 4.53. The Balaban J connectivity index is 1.66. The molecule has 0 unspecified atom stereocenters. The number of hydrogen-bond acceptors (Lipinski definition) is 7. The third kappa shape index (κ3) is 4.23. The zero-order valence-electron chi connectivity index (χ0n) is 12.9. The molecule has 0 aliphatic heterocycles. The predicted molar refractivity (Wildman–Crippen MR) is 102 cm³/mol. The first-order valence-corrected chi connectivity index (χ1v) is 9.82. The number of nitrogens with one attached hydrogen (secondary N) is 1. The second-order valence-electron chi connectivity index (χ2n) is 4.83. The van der Waals surface area contributed by atoms with Crippen LogP contribution in [0.1, 0.15) is 21.1 Å². The Kier molecular flexibility index (Phi) is 5.64. The van der Waals surface area contributed by atoms with Gasteiger partial charge in [-0.2, -0.15) is 9.64 Å². The fraction of sp³-hybridized carbons (Fsp3) is 0.118. The quantitative estimate of drug-likeness (QED) is 0.608. The molecule has 0 atom stereocenters. The van der Waals surface area contributed by atoms with E-state index in [2.05, 4.69) is 20.7 Å². The number of aromatic nitrogens is 2. The number of thiazole rings is 1. The lowest BCUT2D eigenvalue weighted by atomic mass is 10.3. The minimum Gasteiger partial charge on any atom is -0.362 e. The van der Waals surface area contributed by atoms with Gasteiger partial charge in [-0.1, -0.05) is 30.0 Å². The molecule has 4 nitrogen and oxygen atoms in total. The number of nitrogens with zero attached hydrogens (tertiary/aromatic N) is 3. The second kappa shape index (κ2) is 8.11. The number of thioether (sulfide) groups is 1. The van der Waals surface area contributed by atoms with Crippen LogP contribution in [0.4, 0.5) is 5.69 Å². The van der Waals surface area contributed by atoms with Crippen molar-refractivity contribution in [2.75, 3.05) is 5.32 Å². The molecule has 0 bridgehead atoms. The lowest BCUT2D eigenvalue weighted by Crippen LogP contribution is -1.86. The van der Waals surface area contributed by atoms with Crippen molar-refractivity contribution in [2.24, 2.45) is 0 Å². The van der Waals surface area contributed by atoms with Crippen LogP contribution in [0.25, 0.3) is 6.08 Å². The number of aryl methyl sites for hydroxylation is 1. The van der Waals surface area contributed by atoms with E-state index in [1.54, 1.807) is 23.1 Å². The molecule has 2 heterocycles. The molecule has 1 aromatic carbocycles. The van der Waals surface area contributed by atoms with Crippen LogP contribution in [0.5, 0.6) is 0 Å². The van der Waals surface area contributed by atoms with Crippen LogP contribution in [-0.2, 0) is 5.75 Å². The van der Waals surface area contributed by atoms with E-state index in [1.165, 1.54) is 11.5 Å². The highest BCUT2D eigenvalue weighted by Gasteiger charge is 2.13. The molecule has 0 spiro atoms. The molecule has 0 saturated heterocycles. The third-order valence-electron chi connectivity index (χ3n) is 3.08. The smallest absolute Gasteiger partial charge is 0.129 e. The number of anilines is 1. The second-order valence-corrected chi connectivity index (χ2v) is 7.66. The molecular weight excluding hydrogens is 356 g/mol. The van der Waals surface area contributed by atoms with E-state index in [1.807, 2.05) is 54.9 Å². The number of nitriles is 1. The van der Waals surface area contributed by atoms with E-state index in [0.717, 1.165) is 32.0 Å². The minimum absolute atomic E-state index is 0.628. The van der Waals surface area contributed by atoms with Gasteiger partial charge in [-0.3, -0.25) is 0 Å². The molecule has 0 aliphatic rings. The fourth-order valence-electron chi connectivity index (χ4n) is 1.97. The molecule has 3 aromatic rings. The lowest BCUT2D eigenvalue weighted by molar-refractivity contribution is 1.17. The molecule has 0 radical (unpaired) electrons. The zero-order valence-corrected chi connectivity index (χ0v) is 15.3. The maximum Gasteiger partial charge on any atom is 0.129 e. The first-order valence-electron chi connectivity index (χ1n) is 7.18. The van der Waals surface area contributed by atoms with E-state index in [0.29, 0.717) is 5.56 Å². The van der Waals surface area contributed by atoms with Crippen molar-refractivity contribution in [3.8, 4) is 6.07 Å². The van der Waals surface area contributed by atoms with Gasteiger partial charge in [0.2, 0.25) is 0 Å². The molecule has 3 rings (SSSR count). The molecule has 0 saturated carbocycles. The lowest BCUT2D eigenvalue weighted by Gasteiger charge is -1.98. The summed E-state index contributed by atoms with van der Waals surface area (Å²) in [5, 5.41) is 16.5. The monoisotopic (exact) mass is 370 g/mol. The highest BCUT2D eigenvalue weighted by molar-refractivity contribution is 7.98. The van der Waals surface area contributed by atoms with Crippen LogP contribution >= 0.6 is 34.6 Å². The van der Waals surface area contributed by atoms with Gasteiger partial charge in [-0.25, -0.2) is 4.98 Å². The zero-order chi connectivity index (χ0) is 16.8. The highest BCUT2D eigenvalue weighted by atomic mass is 32.2. The van der Waals surface area contributed by atoms with Gasteiger partial charge < -0.3 is 5.32 Å². The van der Waals surface area contributed by atoms with Crippen molar-refractivity contribution in [1.29, 1.82) is 5.26 Å². The van der Waals surface area contributed by atoms with Crippen LogP contribution in [0.15, 0.2) is 46.9 Å². The van der Waals surface area contributed by atoms with Gasteiger partial charge in [0.05, 0.1) is 15.6 Å². The molecule has 0 aliphatic carbocycles. The van der Waals surface area contributed by atoms with Gasteiger partial charge >= 0.3 is 0 Å². The summed E-state index contributed by atoms with van der Waals surface area (Å²) in [5.74, 6) is 0.730. The Morgan fingerprint density at radius 2 is 2.17 bits per heavy atom. The molecule has 2 aromatic heterocycles. The van der Waals surface area contributed by atoms with E-state index in [9.17, 15) is 5.26 Å². The Morgan fingerprint density at radius 3 is 2.88 bits per heavy atom. The van der Waals surface area contributed by atoms with Crippen molar-refractivity contribution >= 4 is 46.4 Å². The number of para-hydroxylation sites is 1. The van der Waals surface area contributed by atoms with Gasteiger partial charge in [-0.15, -0.1) is 11.3 Å². The summed E-state index contributed by atoms with van der Waals surface area (Å²) < 4.78 is 4.41. The Morgan fingerprint density at radius 1 is 1.33 bits per heavy atom. The van der Waals surface area contributed by atoms with Crippen LogP contribution in [0, 0.1) is 18.3 Å². The van der Waals surface area contributed by atoms with Crippen molar-refractivity contribution < 1.29 is 0 Å². The third-order valence-corrected chi connectivity index (χ3v) is 5.84. The summed E-state index contributed by atoms with van der Waals surface area (Å²) in [6.45, 7) is 1.99. The Bertz CT molecular complexity index is 875. The summed E-state index contributed by atoms with van der Waals surface area (Å²) in [6.07, 6.45) is 3.72. The summed E-state index contributed by atoms with van der Waals surface area (Å²) in [4.78, 5) is 5.30. The summed E-state index contributed by atoms with van der Waals surface area (Å²) in [5.41, 5.74) is 2.66. The average molecular weight is 371 g/mol. The summed E-state index contributed by atoms with van der Waals surface area (Å²) in [6, 6.07) is 12.1. The number of hydrogen-bond donors (Lipinski definition) is 1. The SMILES string of the molecule is Cc1nc(CSc2nsc(/C=C\Nc3ccccc3)c2C#N)cs1. The van der Waals surface area contributed by atoms with Crippen molar-refractivity contribution in [3.63, 3.8) is 0 Å². The number of rotatable bonds is 6. The van der Waals surface area contributed by atoms with Gasteiger partial charge in [0, 0.05) is 23.0 Å². The maximum absolute atomic E-state index is 9.44. The van der Waals surface area contributed by atoms with Crippen LogP contribution in [0.3, 0.4) is 0 Å². The van der Waals surface area contributed by atoms with Gasteiger partial charge in [0.1, 0.15) is 16.7 Å². The standard InChI is InChI=1S/C17H14N4S3/c1-12-20-14(10-22-12)11-23-17-15(9-18)16(24-21-17)7-8-19-13-5-3-2-4-6-13/h2-8,10,19H,11H2,1H3/b8-7-. The first-order chi connectivity index (χ1) is 11.8. The molecule has 24 heavy (non-hydrogen) atoms. The highest BCUT2D eigenvalue weighted by Crippen LogP contribution is 2.30. The Labute approximate surface area is 153 Å². The molecule has 7 heteroatoms. The van der Waals surface area contributed by atoms with Gasteiger partial charge in [0.15, 0.2) is 0 Å². The van der Waals surface area contributed by atoms with E-state index in [-0.39, 0.29) is 0 Å². The van der Waals surface area contributed by atoms with E-state index < -0.39 is 0 Å². The van der Waals surface area contributed by atoms with Crippen molar-refractivity contribution in [3.05, 3.63) is 63.1 Å². The van der Waals surface area contributed by atoms with E-state index in [4.69, 9.17) is 0 Å². The molecule has 0 fully saturated rings. The van der Waals surface area contributed by atoms with Crippen LogP contribution in [-0.4, -0.2) is 9.36 Å². The fourth-order valence-corrected chi connectivity index (χ4v) is 4.44. The molecular formula is C17H14N4S3. The Hall–Kier alpha value is -2.14. The van der Waals surface area contributed by atoms with E-state index >= 15 is 0 Å². The van der Waals surface area contributed by atoms with Crippen LogP contribution < -0.4 is 5.32 Å². The van der Waals surface area contributed by atoms with Crippen molar-refractivity contribution in [1.82, 2.24) is 9.36 Å². The molecule has 120 valence electrons. The number of benzene rings is 1.